The van der Waals surface area contributed by atoms with Gasteiger partial charge in [-0.2, -0.15) is 0 Å². The quantitative estimate of drug-likeness (QED) is 0.661. The highest BCUT2D eigenvalue weighted by atomic mass is 35.5. The van der Waals surface area contributed by atoms with Gasteiger partial charge in [0.2, 0.25) is 5.91 Å². The van der Waals surface area contributed by atoms with Crippen molar-refractivity contribution < 1.29 is 4.79 Å². The molecule has 2 atom stereocenters. The van der Waals surface area contributed by atoms with Gasteiger partial charge in [0.05, 0.1) is 17.1 Å². The Morgan fingerprint density at radius 1 is 1.19 bits per heavy atom. The van der Waals surface area contributed by atoms with Gasteiger partial charge < -0.3 is 15.6 Å². The Labute approximate surface area is 174 Å². The second-order valence-electron chi connectivity index (χ2n) is 7.70. The van der Waals surface area contributed by atoms with Crippen molar-refractivity contribution in [2.24, 2.45) is 17.8 Å². The number of amides is 1. The highest BCUT2D eigenvalue weighted by molar-refractivity contribution is 5.85. The van der Waals surface area contributed by atoms with E-state index in [-0.39, 0.29) is 42.7 Å². The first-order valence-corrected chi connectivity index (χ1v) is 9.49. The maximum Gasteiger partial charge on any atom is 0.220 e. The van der Waals surface area contributed by atoms with Gasteiger partial charge in [-0.15, -0.1) is 24.8 Å². The van der Waals surface area contributed by atoms with E-state index >= 15 is 0 Å². The third-order valence-electron chi connectivity index (χ3n) is 5.38. The molecule has 3 N–H and O–H groups in total. The number of piperidine rings is 1. The molecule has 0 spiro atoms. The molecule has 152 valence electrons. The van der Waals surface area contributed by atoms with E-state index in [9.17, 15) is 4.79 Å². The van der Waals surface area contributed by atoms with Crippen molar-refractivity contribution in [3.63, 3.8) is 0 Å². The zero-order valence-electron chi connectivity index (χ0n) is 16.3. The SMILES string of the molecule is CC(C)C(NC(=O)CC(C)C1CCNCC1)c1nc2ccccc2[nH]1.Cl.Cl. The molecular weight excluding hydrogens is 383 g/mol. The van der Waals surface area contributed by atoms with Crippen LogP contribution < -0.4 is 10.6 Å². The second-order valence-corrected chi connectivity index (χ2v) is 7.70. The van der Waals surface area contributed by atoms with Gasteiger partial charge in [-0.25, -0.2) is 4.98 Å². The number of aromatic nitrogens is 2. The van der Waals surface area contributed by atoms with Gasteiger partial charge in [0.15, 0.2) is 0 Å². The van der Waals surface area contributed by atoms with Crippen molar-refractivity contribution in [2.45, 2.75) is 46.1 Å². The number of nitrogens with zero attached hydrogens (tertiary/aromatic N) is 1. The van der Waals surface area contributed by atoms with Crippen LogP contribution in [0.4, 0.5) is 0 Å². The predicted octanol–water partition coefficient (Wildman–Crippen LogP) is 4.25. The number of para-hydroxylation sites is 2. The van der Waals surface area contributed by atoms with E-state index in [4.69, 9.17) is 0 Å². The summed E-state index contributed by atoms with van der Waals surface area (Å²) in [5.74, 6) is 2.32. The summed E-state index contributed by atoms with van der Waals surface area (Å²) in [6.07, 6.45) is 2.94. The van der Waals surface area contributed by atoms with Crippen LogP contribution in [0.3, 0.4) is 0 Å². The van der Waals surface area contributed by atoms with E-state index in [1.165, 1.54) is 12.8 Å². The van der Waals surface area contributed by atoms with Crippen LogP contribution in [0.15, 0.2) is 24.3 Å². The average molecular weight is 415 g/mol. The molecule has 0 bridgehead atoms. The van der Waals surface area contributed by atoms with Crippen LogP contribution >= 0.6 is 24.8 Å². The number of H-pyrrole nitrogens is 1. The van der Waals surface area contributed by atoms with Crippen molar-refractivity contribution in [1.29, 1.82) is 0 Å². The summed E-state index contributed by atoms with van der Waals surface area (Å²) in [6, 6.07) is 7.91. The Bertz CT molecular complexity index is 680. The molecule has 7 heteroatoms. The summed E-state index contributed by atoms with van der Waals surface area (Å²) in [5.41, 5.74) is 1.96. The number of aromatic amines is 1. The first-order valence-electron chi connectivity index (χ1n) is 9.49. The summed E-state index contributed by atoms with van der Waals surface area (Å²) in [7, 11) is 0. The van der Waals surface area contributed by atoms with Crippen molar-refractivity contribution in [1.82, 2.24) is 20.6 Å². The molecule has 1 amide bonds. The lowest BCUT2D eigenvalue weighted by atomic mass is 9.84. The Hall–Kier alpha value is -1.30. The number of nitrogens with one attached hydrogen (secondary N) is 3. The zero-order valence-corrected chi connectivity index (χ0v) is 18.0. The lowest BCUT2D eigenvalue weighted by Crippen LogP contribution is -2.36. The number of halogens is 2. The average Bonchev–Trinajstić information content (AvgIpc) is 3.03. The van der Waals surface area contributed by atoms with Crippen LogP contribution in [0, 0.1) is 17.8 Å². The first-order chi connectivity index (χ1) is 12.0. The molecular formula is C20H32Cl2N4O. The molecule has 3 rings (SSSR count). The van der Waals surface area contributed by atoms with E-state index in [0.717, 1.165) is 29.9 Å². The van der Waals surface area contributed by atoms with Gasteiger partial charge in [0, 0.05) is 6.42 Å². The van der Waals surface area contributed by atoms with Gasteiger partial charge in [-0.1, -0.05) is 32.9 Å². The number of carbonyl (C=O) groups is 1. The molecule has 0 saturated carbocycles. The number of imidazole rings is 1. The second kappa shape index (κ2) is 10.9. The lowest BCUT2D eigenvalue weighted by molar-refractivity contribution is -0.123. The fourth-order valence-electron chi connectivity index (χ4n) is 3.78. The zero-order chi connectivity index (χ0) is 17.8. The van der Waals surface area contributed by atoms with Crippen molar-refractivity contribution in [3.8, 4) is 0 Å². The molecule has 1 fully saturated rings. The summed E-state index contributed by atoms with van der Waals surface area (Å²) < 4.78 is 0. The van der Waals surface area contributed by atoms with E-state index in [2.05, 4.69) is 41.4 Å². The molecule has 1 aliphatic heterocycles. The first kappa shape index (κ1) is 23.7. The molecule has 1 aromatic carbocycles. The maximum absolute atomic E-state index is 12.6. The molecule has 5 nitrogen and oxygen atoms in total. The fraction of sp³-hybridized carbons (Fsp3) is 0.600. The smallest absolute Gasteiger partial charge is 0.220 e. The van der Waals surface area contributed by atoms with E-state index in [0.29, 0.717) is 18.3 Å². The Balaban J connectivity index is 0.00000182. The molecule has 1 aromatic heterocycles. The lowest BCUT2D eigenvalue weighted by Gasteiger charge is -2.28. The van der Waals surface area contributed by atoms with Crippen molar-refractivity contribution in [3.05, 3.63) is 30.1 Å². The molecule has 2 heterocycles. The van der Waals surface area contributed by atoms with Crippen LogP contribution in [0.5, 0.6) is 0 Å². The Morgan fingerprint density at radius 3 is 2.48 bits per heavy atom. The van der Waals surface area contributed by atoms with E-state index < -0.39 is 0 Å². The summed E-state index contributed by atoms with van der Waals surface area (Å²) in [4.78, 5) is 20.7. The van der Waals surface area contributed by atoms with Gasteiger partial charge in [0.1, 0.15) is 5.82 Å². The molecule has 27 heavy (non-hydrogen) atoms. The van der Waals surface area contributed by atoms with Gasteiger partial charge >= 0.3 is 0 Å². The van der Waals surface area contributed by atoms with Crippen LogP contribution in [0.1, 0.15) is 51.9 Å². The van der Waals surface area contributed by atoms with E-state index in [1.54, 1.807) is 0 Å². The molecule has 2 aromatic rings. The molecule has 2 unspecified atom stereocenters. The number of benzene rings is 1. The molecule has 0 aliphatic carbocycles. The Kier molecular flexibility index (Phi) is 9.57. The number of hydrogen-bond acceptors (Lipinski definition) is 3. The highest BCUT2D eigenvalue weighted by Crippen LogP contribution is 2.26. The van der Waals surface area contributed by atoms with Gasteiger partial charge in [0.25, 0.3) is 0 Å². The highest BCUT2D eigenvalue weighted by Gasteiger charge is 2.25. The van der Waals surface area contributed by atoms with E-state index in [1.807, 2.05) is 24.3 Å². The topological polar surface area (TPSA) is 69.8 Å². The van der Waals surface area contributed by atoms with Crippen LogP contribution in [0.25, 0.3) is 11.0 Å². The monoisotopic (exact) mass is 414 g/mol. The van der Waals surface area contributed by atoms with Gasteiger partial charge in [-0.3, -0.25) is 4.79 Å². The van der Waals surface area contributed by atoms with Crippen LogP contribution in [-0.2, 0) is 4.79 Å². The summed E-state index contributed by atoms with van der Waals surface area (Å²) in [6.45, 7) is 8.60. The third kappa shape index (κ3) is 6.09. The standard InChI is InChI=1S/C20H30N4O.2ClH/c1-13(2)19(20-22-16-6-4-5-7-17(16)23-20)24-18(25)12-14(3)15-8-10-21-11-9-15;;/h4-7,13-15,19,21H,8-12H2,1-3H3,(H,22,23)(H,24,25);2*1H. The number of rotatable bonds is 6. The fourth-order valence-corrected chi connectivity index (χ4v) is 3.78. The normalized spacial score (nSPS) is 17.0. The van der Waals surface area contributed by atoms with Crippen LogP contribution in [-0.4, -0.2) is 29.0 Å². The maximum atomic E-state index is 12.6. The minimum absolute atomic E-state index is 0. The number of fused-ring (bicyclic) bond motifs is 1. The third-order valence-corrected chi connectivity index (χ3v) is 5.38. The number of hydrogen-bond donors (Lipinski definition) is 3. The minimum Gasteiger partial charge on any atom is -0.346 e. The minimum atomic E-state index is -0.0832. The Morgan fingerprint density at radius 2 is 1.85 bits per heavy atom. The van der Waals surface area contributed by atoms with Crippen molar-refractivity contribution in [2.75, 3.05) is 13.1 Å². The van der Waals surface area contributed by atoms with Crippen LogP contribution in [0.2, 0.25) is 0 Å². The predicted molar refractivity (Wildman–Crippen MR) is 116 cm³/mol. The molecule has 1 aliphatic rings. The largest absolute Gasteiger partial charge is 0.346 e. The molecule has 0 radical (unpaired) electrons. The number of carbonyl (C=O) groups excluding carboxylic acids is 1. The summed E-state index contributed by atoms with van der Waals surface area (Å²) in [5, 5.41) is 6.61. The van der Waals surface area contributed by atoms with Gasteiger partial charge in [-0.05, 0) is 55.8 Å². The van der Waals surface area contributed by atoms with Crippen molar-refractivity contribution >= 4 is 41.8 Å². The summed E-state index contributed by atoms with van der Waals surface area (Å²) >= 11 is 0. The molecule has 1 saturated heterocycles.